The van der Waals surface area contributed by atoms with Gasteiger partial charge in [0.1, 0.15) is 0 Å². The molecule has 22 heavy (non-hydrogen) atoms. The van der Waals surface area contributed by atoms with E-state index in [2.05, 4.69) is 13.8 Å². The van der Waals surface area contributed by atoms with Gasteiger partial charge in [-0.2, -0.15) is 0 Å². The third-order valence-corrected chi connectivity index (χ3v) is 5.62. The lowest BCUT2D eigenvalue weighted by Crippen LogP contribution is -2.13. The molecule has 0 aromatic rings. The summed E-state index contributed by atoms with van der Waals surface area (Å²) in [5.41, 5.74) is 0.527. The van der Waals surface area contributed by atoms with Crippen molar-refractivity contribution in [1.82, 2.24) is 0 Å². The van der Waals surface area contributed by atoms with Crippen molar-refractivity contribution in [3.63, 3.8) is 0 Å². The molecule has 3 heteroatoms. The summed E-state index contributed by atoms with van der Waals surface area (Å²) in [4.78, 5) is 0. The number of aliphatic hydroxyl groups is 3. The Labute approximate surface area is 137 Å². The van der Waals surface area contributed by atoms with Crippen molar-refractivity contribution in [3.8, 4) is 0 Å². The number of rotatable bonds is 14. The summed E-state index contributed by atoms with van der Waals surface area (Å²) < 4.78 is 0. The first kappa shape index (κ1) is 19.9. The summed E-state index contributed by atoms with van der Waals surface area (Å²) >= 11 is 0. The second-order valence-corrected chi connectivity index (χ2v) is 8.34. The molecule has 1 rings (SSSR count). The van der Waals surface area contributed by atoms with Crippen LogP contribution < -0.4 is 0 Å². The Bertz CT molecular complexity index is 284. The van der Waals surface area contributed by atoms with Crippen LogP contribution in [0.2, 0.25) is 0 Å². The highest BCUT2D eigenvalue weighted by atomic mass is 16.3. The molecular formula is C19H38O3. The quantitative estimate of drug-likeness (QED) is 0.426. The molecule has 1 atom stereocenters. The smallest absolute Gasteiger partial charge is 0.0487 e. The van der Waals surface area contributed by atoms with E-state index < -0.39 is 0 Å². The number of hydrogen-bond donors (Lipinski definition) is 3. The Morgan fingerprint density at radius 3 is 2.05 bits per heavy atom. The Kier molecular flexibility index (Phi) is 8.96. The molecule has 3 N–H and O–H groups in total. The zero-order valence-corrected chi connectivity index (χ0v) is 14.8. The third-order valence-electron chi connectivity index (χ3n) is 5.62. The molecule has 0 saturated heterocycles. The van der Waals surface area contributed by atoms with Crippen molar-refractivity contribution >= 4 is 0 Å². The molecule has 0 aromatic carbocycles. The monoisotopic (exact) mass is 314 g/mol. The van der Waals surface area contributed by atoms with Crippen molar-refractivity contribution < 1.29 is 15.3 Å². The Balaban J connectivity index is 2.04. The van der Waals surface area contributed by atoms with Crippen LogP contribution in [0.25, 0.3) is 0 Å². The van der Waals surface area contributed by atoms with Gasteiger partial charge in [0, 0.05) is 19.8 Å². The highest BCUT2D eigenvalue weighted by Gasteiger charge is 2.40. The highest BCUT2D eigenvalue weighted by molar-refractivity contribution is 4.91. The van der Waals surface area contributed by atoms with E-state index in [1.165, 1.54) is 38.5 Å². The molecule has 1 unspecified atom stereocenters. The molecule has 0 spiro atoms. The molecule has 1 fully saturated rings. The molecule has 0 aliphatic heterocycles. The van der Waals surface area contributed by atoms with E-state index in [1.54, 1.807) is 0 Å². The first-order valence-corrected chi connectivity index (χ1v) is 9.29. The maximum absolute atomic E-state index is 9.51. The minimum atomic E-state index is 0.242. The lowest BCUT2D eigenvalue weighted by molar-refractivity contribution is 0.183. The summed E-state index contributed by atoms with van der Waals surface area (Å²) in [7, 11) is 0. The van der Waals surface area contributed by atoms with Crippen LogP contribution in [-0.4, -0.2) is 35.1 Å². The van der Waals surface area contributed by atoms with Gasteiger partial charge in [0.15, 0.2) is 0 Å². The van der Waals surface area contributed by atoms with Crippen LogP contribution in [0, 0.1) is 16.7 Å². The van der Waals surface area contributed by atoms with Gasteiger partial charge in [-0.25, -0.2) is 0 Å². The largest absolute Gasteiger partial charge is 0.396 e. The molecule has 1 aliphatic rings. The third kappa shape index (κ3) is 7.94. The van der Waals surface area contributed by atoms with Crippen LogP contribution in [0.4, 0.5) is 0 Å². The van der Waals surface area contributed by atoms with Crippen LogP contribution >= 0.6 is 0 Å². The molecule has 0 bridgehead atoms. The summed E-state index contributed by atoms with van der Waals surface area (Å²) in [6, 6.07) is 0. The Morgan fingerprint density at radius 2 is 1.55 bits per heavy atom. The maximum atomic E-state index is 9.51. The summed E-state index contributed by atoms with van der Waals surface area (Å²) in [5, 5.41) is 27.9. The van der Waals surface area contributed by atoms with E-state index in [9.17, 15) is 10.2 Å². The molecule has 0 aromatic heterocycles. The first-order chi connectivity index (χ1) is 10.5. The minimum Gasteiger partial charge on any atom is -0.396 e. The van der Waals surface area contributed by atoms with E-state index in [1.807, 2.05) is 0 Å². The van der Waals surface area contributed by atoms with Crippen molar-refractivity contribution in [2.75, 3.05) is 19.8 Å². The second-order valence-electron chi connectivity index (χ2n) is 8.34. The predicted molar refractivity (Wildman–Crippen MR) is 91.7 cm³/mol. The van der Waals surface area contributed by atoms with E-state index in [0.717, 1.165) is 32.1 Å². The molecular weight excluding hydrogens is 276 g/mol. The van der Waals surface area contributed by atoms with Crippen LogP contribution in [0.5, 0.6) is 0 Å². The van der Waals surface area contributed by atoms with E-state index in [0.29, 0.717) is 19.1 Å². The van der Waals surface area contributed by atoms with Gasteiger partial charge in [0.25, 0.3) is 0 Å². The van der Waals surface area contributed by atoms with Gasteiger partial charge in [0.2, 0.25) is 0 Å². The molecule has 3 nitrogen and oxygen atoms in total. The standard InChI is InChI=1S/C19H38O3/c1-18(2,13-14-20)9-5-3-7-17(15-21)8-4-6-10-19(16-22)11-12-19/h17,20-22H,3-16H2,1-2H3. The fourth-order valence-electron chi connectivity index (χ4n) is 3.39. The molecule has 1 saturated carbocycles. The lowest BCUT2D eigenvalue weighted by Gasteiger charge is -2.23. The maximum Gasteiger partial charge on any atom is 0.0487 e. The fraction of sp³-hybridized carbons (Fsp3) is 1.00. The molecule has 0 amide bonds. The van der Waals surface area contributed by atoms with Gasteiger partial charge >= 0.3 is 0 Å². The van der Waals surface area contributed by atoms with E-state index >= 15 is 0 Å². The normalized spacial score (nSPS) is 18.4. The van der Waals surface area contributed by atoms with Crippen molar-refractivity contribution in [3.05, 3.63) is 0 Å². The average molecular weight is 315 g/mol. The Hall–Kier alpha value is -0.120. The van der Waals surface area contributed by atoms with E-state index in [4.69, 9.17) is 5.11 Å². The highest BCUT2D eigenvalue weighted by Crippen LogP contribution is 2.49. The topological polar surface area (TPSA) is 60.7 Å². The van der Waals surface area contributed by atoms with Gasteiger partial charge in [-0.05, 0) is 61.7 Å². The zero-order valence-electron chi connectivity index (χ0n) is 14.8. The van der Waals surface area contributed by atoms with Gasteiger partial charge < -0.3 is 15.3 Å². The van der Waals surface area contributed by atoms with Gasteiger partial charge in [-0.3, -0.25) is 0 Å². The zero-order chi connectivity index (χ0) is 16.5. The van der Waals surface area contributed by atoms with Crippen LogP contribution in [0.1, 0.15) is 84.5 Å². The van der Waals surface area contributed by atoms with Crippen LogP contribution in [0.15, 0.2) is 0 Å². The fourth-order valence-corrected chi connectivity index (χ4v) is 3.39. The second kappa shape index (κ2) is 9.89. The number of hydrogen-bond acceptors (Lipinski definition) is 3. The average Bonchev–Trinajstić information content (AvgIpc) is 3.26. The van der Waals surface area contributed by atoms with Crippen molar-refractivity contribution in [1.29, 1.82) is 0 Å². The van der Waals surface area contributed by atoms with Crippen molar-refractivity contribution in [2.24, 2.45) is 16.7 Å². The minimum absolute atomic E-state index is 0.242. The summed E-state index contributed by atoms with van der Waals surface area (Å²) in [6.45, 7) is 5.40. The number of aliphatic hydroxyl groups excluding tert-OH is 3. The van der Waals surface area contributed by atoms with E-state index in [-0.39, 0.29) is 17.4 Å². The summed E-state index contributed by atoms with van der Waals surface area (Å²) in [6.07, 6.45) is 12.6. The SMILES string of the molecule is CC(C)(CCO)CCCCC(CO)CCCCC1(CO)CC1. The predicted octanol–water partition coefficient (Wildman–Crippen LogP) is 3.90. The van der Waals surface area contributed by atoms with Crippen LogP contribution in [-0.2, 0) is 0 Å². The molecule has 1 aliphatic carbocycles. The molecule has 132 valence electrons. The van der Waals surface area contributed by atoms with Gasteiger partial charge in [-0.1, -0.05) is 39.5 Å². The molecule has 0 radical (unpaired) electrons. The van der Waals surface area contributed by atoms with Crippen LogP contribution in [0.3, 0.4) is 0 Å². The number of unbranched alkanes of at least 4 members (excludes halogenated alkanes) is 2. The lowest BCUT2D eigenvalue weighted by atomic mass is 9.83. The first-order valence-electron chi connectivity index (χ1n) is 9.29. The van der Waals surface area contributed by atoms with Crippen molar-refractivity contribution in [2.45, 2.75) is 84.5 Å². The molecule has 0 heterocycles. The van der Waals surface area contributed by atoms with Gasteiger partial charge in [-0.15, -0.1) is 0 Å². The summed E-state index contributed by atoms with van der Waals surface area (Å²) in [5.74, 6) is 0.449. The Morgan fingerprint density at radius 1 is 0.909 bits per heavy atom. The van der Waals surface area contributed by atoms with Gasteiger partial charge in [0.05, 0.1) is 0 Å².